The highest BCUT2D eigenvalue weighted by Gasteiger charge is 2.10. The molecule has 1 aromatic heterocycles. The van der Waals surface area contributed by atoms with Crippen molar-refractivity contribution in [3.05, 3.63) is 42.7 Å². The second-order valence-electron chi connectivity index (χ2n) is 2.10. The molecule has 4 heteroatoms. The van der Waals surface area contributed by atoms with E-state index in [4.69, 9.17) is 0 Å². The largest absolute Gasteiger partial charge is 0.387 e. The average Bonchev–Trinajstić information content (AvgIpc) is 2.54. The zero-order chi connectivity index (χ0) is 9.52. The number of pyridine rings is 1. The Labute approximate surface area is 74.9 Å². The van der Waals surface area contributed by atoms with Crippen LogP contribution in [0.4, 0.5) is 0 Å². The molecule has 0 saturated carbocycles. The maximum atomic E-state index is 9.92. The summed E-state index contributed by atoms with van der Waals surface area (Å²) >= 11 is 0. The zero-order valence-corrected chi connectivity index (χ0v) is 6.71. The lowest BCUT2D eigenvalue weighted by atomic mass is 10.5. The van der Waals surface area contributed by atoms with Gasteiger partial charge in [0.2, 0.25) is 0 Å². The lowest BCUT2D eigenvalue weighted by molar-refractivity contribution is -0.150. The standard InChI is InChI=1S/C5H5N.C4H2O3/c1-2-4-6-5-3-1;5-3-1-2-4(6)7-3/h1-5H;1-2H. The lowest BCUT2D eigenvalue weighted by Crippen LogP contribution is -1.96. The molecule has 1 aromatic rings. The number of esters is 2. The van der Waals surface area contributed by atoms with Crippen LogP contribution in [0.1, 0.15) is 0 Å². The minimum absolute atomic E-state index is 0.579. The summed E-state index contributed by atoms with van der Waals surface area (Å²) in [6.45, 7) is 0. The smallest absolute Gasteiger partial charge is 0.338 e. The molecule has 4 nitrogen and oxygen atoms in total. The maximum Gasteiger partial charge on any atom is 0.338 e. The molecule has 2 heterocycles. The number of hydrogen-bond acceptors (Lipinski definition) is 4. The van der Waals surface area contributed by atoms with Gasteiger partial charge in [-0.15, -0.1) is 0 Å². The van der Waals surface area contributed by atoms with E-state index in [0.717, 1.165) is 12.2 Å². The molecule has 0 bridgehead atoms. The third-order valence-electron chi connectivity index (χ3n) is 1.12. The van der Waals surface area contributed by atoms with E-state index < -0.39 is 11.9 Å². The molecular weight excluding hydrogens is 170 g/mol. The molecular formula is C9H7NO3. The highest BCUT2D eigenvalue weighted by atomic mass is 16.6. The summed E-state index contributed by atoms with van der Waals surface area (Å²) in [6.07, 6.45) is 5.67. The molecule has 0 fully saturated rings. The van der Waals surface area contributed by atoms with Crippen molar-refractivity contribution >= 4 is 11.9 Å². The third kappa shape index (κ3) is 3.81. The van der Waals surface area contributed by atoms with Crippen LogP contribution in [0.15, 0.2) is 42.7 Å². The highest BCUT2D eigenvalue weighted by Crippen LogP contribution is 1.92. The molecule has 0 amide bonds. The van der Waals surface area contributed by atoms with Gasteiger partial charge in [-0.1, -0.05) is 6.07 Å². The molecule has 0 atom stereocenters. The number of rotatable bonds is 0. The van der Waals surface area contributed by atoms with Gasteiger partial charge < -0.3 is 4.74 Å². The van der Waals surface area contributed by atoms with Crippen LogP contribution >= 0.6 is 0 Å². The molecule has 0 radical (unpaired) electrons. The zero-order valence-electron chi connectivity index (χ0n) is 6.71. The van der Waals surface area contributed by atoms with E-state index in [1.54, 1.807) is 12.4 Å². The van der Waals surface area contributed by atoms with Crippen LogP contribution < -0.4 is 0 Å². The first-order chi connectivity index (χ1) is 6.29. The first-order valence-electron chi connectivity index (χ1n) is 3.58. The van der Waals surface area contributed by atoms with Crippen LogP contribution in [0.5, 0.6) is 0 Å². The van der Waals surface area contributed by atoms with Crippen molar-refractivity contribution in [2.45, 2.75) is 0 Å². The van der Waals surface area contributed by atoms with Gasteiger partial charge >= 0.3 is 11.9 Å². The van der Waals surface area contributed by atoms with Crippen molar-refractivity contribution in [3.63, 3.8) is 0 Å². The predicted molar refractivity (Wildman–Crippen MR) is 44.5 cm³/mol. The Balaban J connectivity index is 0.000000132. The molecule has 2 rings (SSSR count). The van der Waals surface area contributed by atoms with Crippen molar-refractivity contribution < 1.29 is 14.3 Å². The molecule has 1 aliphatic rings. The SMILES string of the molecule is O=C1C=CC(=O)O1.c1ccncc1. The Hall–Kier alpha value is -1.97. The summed E-state index contributed by atoms with van der Waals surface area (Å²) in [5.41, 5.74) is 0. The topological polar surface area (TPSA) is 56.3 Å². The quantitative estimate of drug-likeness (QED) is 0.432. The van der Waals surface area contributed by atoms with E-state index in [1.807, 2.05) is 18.2 Å². The number of hydrogen-bond donors (Lipinski definition) is 0. The van der Waals surface area contributed by atoms with E-state index in [2.05, 4.69) is 9.72 Å². The van der Waals surface area contributed by atoms with Gasteiger partial charge in [-0.05, 0) is 12.1 Å². The van der Waals surface area contributed by atoms with Crippen molar-refractivity contribution in [3.8, 4) is 0 Å². The van der Waals surface area contributed by atoms with Crippen LogP contribution in [0.2, 0.25) is 0 Å². The van der Waals surface area contributed by atoms with E-state index in [-0.39, 0.29) is 0 Å². The van der Waals surface area contributed by atoms with Gasteiger partial charge in [0.15, 0.2) is 0 Å². The minimum atomic E-state index is -0.579. The molecule has 0 aromatic carbocycles. The van der Waals surface area contributed by atoms with Crippen LogP contribution in [0, 0.1) is 0 Å². The van der Waals surface area contributed by atoms with Gasteiger partial charge in [0.1, 0.15) is 0 Å². The van der Waals surface area contributed by atoms with Crippen LogP contribution in [0.25, 0.3) is 0 Å². The van der Waals surface area contributed by atoms with E-state index >= 15 is 0 Å². The molecule has 0 saturated heterocycles. The van der Waals surface area contributed by atoms with Crippen molar-refractivity contribution in [2.75, 3.05) is 0 Å². The molecule has 0 N–H and O–H groups in total. The maximum absolute atomic E-state index is 9.92. The van der Waals surface area contributed by atoms with Crippen LogP contribution in [0.3, 0.4) is 0 Å². The monoisotopic (exact) mass is 177 g/mol. The van der Waals surface area contributed by atoms with Crippen molar-refractivity contribution in [1.29, 1.82) is 0 Å². The second kappa shape index (κ2) is 4.82. The minimum Gasteiger partial charge on any atom is -0.387 e. The average molecular weight is 177 g/mol. The Morgan fingerprint density at radius 3 is 1.62 bits per heavy atom. The van der Waals surface area contributed by atoms with Gasteiger partial charge in [0.25, 0.3) is 0 Å². The number of cyclic esters (lactones) is 2. The van der Waals surface area contributed by atoms with Gasteiger partial charge in [-0.2, -0.15) is 0 Å². The summed E-state index contributed by atoms with van der Waals surface area (Å²) in [6, 6.07) is 5.72. The number of ether oxygens (including phenoxy) is 1. The van der Waals surface area contributed by atoms with Gasteiger partial charge in [-0.25, -0.2) is 9.59 Å². The first-order valence-corrected chi connectivity index (χ1v) is 3.58. The summed E-state index contributed by atoms with van der Waals surface area (Å²) in [4.78, 5) is 23.6. The Kier molecular flexibility index (Phi) is 3.38. The van der Waals surface area contributed by atoms with Gasteiger partial charge in [0.05, 0.1) is 0 Å². The van der Waals surface area contributed by atoms with E-state index in [9.17, 15) is 9.59 Å². The van der Waals surface area contributed by atoms with E-state index in [1.165, 1.54) is 0 Å². The first kappa shape index (κ1) is 9.12. The fourth-order valence-corrected chi connectivity index (χ4v) is 0.616. The summed E-state index contributed by atoms with van der Waals surface area (Å²) in [5, 5.41) is 0. The molecule has 1 aliphatic heterocycles. The second-order valence-corrected chi connectivity index (χ2v) is 2.10. The summed E-state index contributed by atoms with van der Waals surface area (Å²) < 4.78 is 3.97. The summed E-state index contributed by atoms with van der Waals surface area (Å²) in [7, 11) is 0. The Morgan fingerprint density at radius 1 is 0.923 bits per heavy atom. The lowest BCUT2D eigenvalue weighted by Gasteiger charge is -1.80. The Morgan fingerprint density at radius 2 is 1.46 bits per heavy atom. The van der Waals surface area contributed by atoms with Gasteiger partial charge in [0, 0.05) is 24.5 Å². The number of aromatic nitrogens is 1. The third-order valence-corrected chi connectivity index (χ3v) is 1.12. The van der Waals surface area contributed by atoms with Crippen LogP contribution in [-0.2, 0) is 14.3 Å². The molecule has 0 spiro atoms. The van der Waals surface area contributed by atoms with Crippen LogP contribution in [-0.4, -0.2) is 16.9 Å². The van der Waals surface area contributed by atoms with E-state index in [0.29, 0.717) is 0 Å². The molecule has 0 unspecified atom stereocenters. The molecule has 0 aliphatic carbocycles. The number of carbonyl (C=O) groups excluding carboxylic acids is 2. The molecule has 66 valence electrons. The highest BCUT2D eigenvalue weighted by molar-refractivity contribution is 6.04. The molecule has 13 heavy (non-hydrogen) atoms. The van der Waals surface area contributed by atoms with Crippen molar-refractivity contribution in [2.24, 2.45) is 0 Å². The number of carbonyl (C=O) groups is 2. The fraction of sp³-hybridized carbons (Fsp3) is 0. The summed E-state index contributed by atoms with van der Waals surface area (Å²) in [5.74, 6) is -1.16. The van der Waals surface area contributed by atoms with Gasteiger partial charge in [-0.3, -0.25) is 4.98 Å². The normalized spacial score (nSPS) is 13.2. The number of nitrogens with zero attached hydrogens (tertiary/aromatic N) is 1. The fourth-order valence-electron chi connectivity index (χ4n) is 0.616. The Bertz CT molecular complexity index is 276. The van der Waals surface area contributed by atoms with Crippen molar-refractivity contribution in [1.82, 2.24) is 4.98 Å². The predicted octanol–water partition coefficient (Wildman–Crippen LogP) is 0.708.